The lowest BCUT2D eigenvalue weighted by Crippen LogP contribution is -2.39. The molecular formula is C31H32Cl2FN3O4. The highest BCUT2D eigenvalue weighted by molar-refractivity contribution is 6.31. The molecule has 0 radical (unpaired) electrons. The van der Waals surface area contributed by atoms with Crippen LogP contribution in [0, 0.1) is 5.82 Å². The van der Waals surface area contributed by atoms with E-state index >= 15 is 0 Å². The zero-order valence-electron chi connectivity index (χ0n) is 23.3. The second-order valence-corrected chi connectivity index (χ2v) is 11.5. The summed E-state index contributed by atoms with van der Waals surface area (Å²) in [4.78, 5) is 28.5. The molecule has 0 aromatic heterocycles. The number of hydrogen-bond donors (Lipinski definition) is 1. The van der Waals surface area contributed by atoms with Crippen molar-refractivity contribution in [1.82, 2.24) is 9.80 Å². The molecule has 3 amide bonds. The molecule has 1 N–H and O–H groups in total. The number of rotatable bonds is 6. The molecule has 0 unspecified atom stereocenters. The van der Waals surface area contributed by atoms with Gasteiger partial charge in [0.05, 0.1) is 11.6 Å². The van der Waals surface area contributed by atoms with Gasteiger partial charge in [0, 0.05) is 42.5 Å². The number of carbonyl (C=O) groups is 2. The minimum absolute atomic E-state index is 0.0591. The third-order valence-corrected chi connectivity index (χ3v) is 6.79. The third kappa shape index (κ3) is 8.38. The number of nitrogens with zero attached hydrogens (tertiary/aromatic N) is 2. The van der Waals surface area contributed by atoms with Crippen LogP contribution in [0.5, 0.6) is 11.5 Å². The van der Waals surface area contributed by atoms with Gasteiger partial charge in [-0.1, -0.05) is 47.5 Å². The quantitative estimate of drug-likeness (QED) is 0.308. The van der Waals surface area contributed by atoms with Gasteiger partial charge in [-0.2, -0.15) is 0 Å². The summed E-state index contributed by atoms with van der Waals surface area (Å²) in [6, 6.07) is 16.4. The summed E-state index contributed by atoms with van der Waals surface area (Å²) in [7, 11) is 1.67. The fraction of sp³-hybridized carbons (Fsp3) is 0.290. The maximum Gasteiger partial charge on any atom is 0.410 e. The van der Waals surface area contributed by atoms with Gasteiger partial charge in [0.2, 0.25) is 0 Å². The van der Waals surface area contributed by atoms with Crippen LogP contribution in [0.3, 0.4) is 0 Å². The predicted octanol–water partition coefficient (Wildman–Crippen LogP) is 8.61. The van der Waals surface area contributed by atoms with Crippen LogP contribution in [-0.4, -0.2) is 47.7 Å². The van der Waals surface area contributed by atoms with Gasteiger partial charge in [-0.15, -0.1) is 0 Å². The van der Waals surface area contributed by atoms with Gasteiger partial charge < -0.3 is 24.6 Å². The zero-order valence-corrected chi connectivity index (χ0v) is 24.9. The molecule has 1 heterocycles. The van der Waals surface area contributed by atoms with Crippen molar-refractivity contribution in [1.29, 1.82) is 0 Å². The average Bonchev–Trinajstić information content (AvgIpc) is 2.92. The Morgan fingerprint density at radius 1 is 1.05 bits per heavy atom. The molecular weight excluding hydrogens is 568 g/mol. The Morgan fingerprint density at radius 2 is 1.78 bits per heavy atom. The van der Waals surface area contributed by atoms with Crippen molar-refractivity contribution < 1.29 is 23.5 Å². The first kappa shape index (κ1) is 30.2. The van der Waals surface area contributed by atoms with Crippen molar-refractivity contribution >= 4 is 46.6 Å². The molecule has 0 bridgehead atoms. The number of halogens is 3. The summed E-state index contributed by atoms with van der Waals surface area (Å²) in [6.45, 7) is 6.85. The van der Waals surface area contributed by atoms with Crippen LogP contribution >= 0.6 is 23.2 Å². The minimum Gasteiger partial charge on any atom is -0.457 e. The SMILES string of the molecule is CN(Cc1ccc(Cl)cc1Oc1ccc(F)c(Cl)c1)C(=O)Nc1ccc(C2=CCN(C(=O)OC(C)(C)C)CC2)cc1. The van der Waals surface area contributed by atoms with Crippen molar-refractivity contribution in [3.8, 4) is 11.5 Å². The fourth-order valence-corrected chi connectivity index (χ4v) is 4.49. The van der Waals surface area contributed by atoms with Gasteiger partial charge >= 0.3 is 12.1 Å². The molecule has 41 heavy (non-hydrogen) atoms. The van der Waals surface area contributed by atoms with Crippen molar-refractivity contribution in [2.75, 3.05) is 25.5 Å². The van der Waals surface area contributed by atoms with E-state index in [2.05, 4.69) is 5.32 Å². The Bertz CT molecular complexity index is 1450. The highest BCUT2D eigenvalue weighted by Gasteiger charge is 2.24. The molecule has 0 atom stereocenters. The number of amides is 3. The van der Waals surface area contributed by atoms with E-state index in [-0.39, 0.29) is 23.7 Å². The average molecular weight is 601 g/mol. The molecule has 3 aromatic carbocycles. The maximum absolute atomic E-state index is 13.5. The van der Waals surface area contributed by atoms with Gasteiger partial charge in [-0.3, -0.25) is 0 Å². The van der Waals surface area contributed by atoms with Gasteiger partial charge in [-0.25, -0.2) is 14.0 Å². The zero-order chi connectivity index (χ0) is 29.7. The standard InChI is InChI=1S/C31H32Cl2FN3O4/c1-31(2,3)41-30(39)37-15-13-21(14-16-37)20-6-9-24(10-7-20)35-29(38)36(4)19-22-5-8-23(32)17-28(22)40-25-11-12-27(34)26(33)18-25/h5-13,17-18H,14-16,19H2,1-4H3,(H,35,38). The van der Waals surface area contributed by atoms with E-state index in [9.17, 15) is 14.0 Å². The number of nitrogens with one attached hydrogen (secondary N) is 1. The summed E-state index contributed by atoms with van der Waals surface area (Å²) in [5.41, 5.74) is 2.99. The topological polar surface area (TPSA) is 71.1 Å². The third-order valence-electron chi connectivity index (χ3n) is 6.27. The summed E-state index contributed by atoms with van der Waals surface area (Å²) in [5, 5.41) is 3.30. The molecule has 1 aliphatic heterocycles. The van der Waals surface area contributed by atoms with Crippen molar-refractivity contribution in [3.05, 3.63) is 93.7 Å². The first-order valence-corrected chi connectivity index (χ1v) is 13.8. The highest BCUT2D eigenvalue weighted by atomic mass is 35.5. The van der Waals surface area contributed by atoms with Gasteiger partial charge in [0.25, 0.3) is 0 Å². The number of benzene rings is 3. The smallest absolute Gasteiger partial charge is 0.410 e. The lowest BCUT2D eigenvalue weighted by atomic mass is 9.99. The van der Waals surface area contributed by atoms with Gasteiger partial charge in [-0.05, 0) is 74.7 Å². The van der Waals surface area contributed by atoms with E-state index in [4.69, 9.17) is 32.7 Å². The second-order valence-electron chi connectivity index (χ2n) is 10.7. The minimum atomic E-state index is -0.546. The van der Waals surface area contributed by atoms with Crippen molar-refractivity contribution in [3.63, 3.8) is 0 Å². The Balaban J connectivity index is 1.36. The molecule has 10 heteroatoms. The Labute approximate surface area is 249 Å². The molecule has 0 saturated carbocycles. The summed E-state index contributed by atoms with van der Waals surface area (Å²) >= 11 is 12.1. The van der Waals surface area contributed by atoms with Crippen molar-refractivity contribution in [2.45, 2.75) is 39.3 Å². The molecule has 1 aliphatic rings. The van der Waals surface area contributed by atoms with Crippen LogP contribution < -0.4 is 10.1 Å². The molecule has 216 valence electrons. The van der Waals surface area contributed by atoms with Crippen LogP contribution in [0.1, 0.15) is 38.3 Å². The molecule has 3 aromatic rings. The molecule has 7 nitrogen and oxygen atoms in total. The second kappa shape index (κ2) is 12.8. The van der Waals surface area contributed by atoms with E-state index < -0.39 is 11.4 Å². The van der Waals surface area contributed by atoms with E-state index in [0.717, 1.165) is 11.1 Å². The van der Waals surface area contributed by atoms with Crippen molar-refractivity contribution in [2.24, 2.45) is 0 Å². The first-order valence-electron chi connectivity index (χ1n) is 13.1. The molecule has 0 saturated heterocycles. The van der Waals surface area contributed by atoms with Crippen LogP contribution in [0.25, 0.3) is 5.57 Å². The Kier molecular flexibility index (Phi) is 9.46. The van der Waals surface area contributed by atoms with E-state index in [0.29, 0.717) is 47.3 Å². The van der Waals surface area contributed by atoms with E-state index in [1.165, 1.54) is 23.1 Å². The van der Waals surface area contributed by atoms with Crippen LogP contribution in [0.2, 0.25) is 10.0 Å². The summed E-state index contributed by atoms with van der Waals surface area (Å²) in [5.74, 6) is 0.225. The monoisotopic (exact) mass is 599 g/mol. The Morgan fingerprint density at radius 3 is 2.41 bits per heavy atom. The predicted molar refractivity (Wildman–Crippen MR) is 160 cm³/mol. The largest absolute Gasteiger partial charge is 0.457 e. The molecule has 0 fully saturated rings. The van der Waals surface area contributed by atoms with E-state index in [1.54, 1.807) is 30.1 Å². The Hall–Kier alpha value is -3.75. The maximum atomic E-state index is 13.5. The number of urea groups is 1. The van der Waals surface area contributed by atoms with Gasteiger partial charge in [0.1, 0.15) is 22.9 Å². The number of carbonyl (C=O) groups excluding carboxylic acids is 2. The lowest BCUT2D eigenvalue weighted by Gasteiger charge is -2.29. The lowest BCUT2D eigenvalue weighted by molar-refractivity contribution is 0.0270. The molecule has 4 rings (SSSR count). The van der Waals surface area contributed by atoms with Crippen LogP contribution in [-0.2, 0) is 11.3 Å². The summed E-state index contributed by atoms with van der Waals surface area (Å²) in [6.07, 6.45) is 2.43. The number of ether oxygens (including phenoxy) is 2. The van der Waals surface area contributed by atoms with Crippen LogP contribution in [0.15, 0.2) is 66.7 Å². The number of hydrogen-bond acceptors (Lipinski definition) is 4. The molecule has 0 aliphatic carbocycles. The normalized spacial score (nSPS) is 13.3. The molecule has 0 spiro atoms. The van der Waals surface area contributed by atoms with Crippen LogP contribution in [0.4, 0.5) is 19.7 Å². The van der Waals surface area contributed by atoms with Gasteiger partial charge in [0.15, 0.2) is 0 Å². The highest BCUT2D eigenvalue weighted by Crippen LogP contribution is 2.31. The fourth-order valence-electron chi connectivity index (χ4n) is 4.16. The van der Waals surface area contributed by atoms with E-state index in [1.807, 2.05) is 51.1 Å². The first-order chi connectivity index (χ1) is 19.4. The number of anilines is 1. The summed E-state index contributed by atoms with van der Waals surface area (Å²) < 4.78 is 24.9.